The summed E-state index contributed by atoms with van der Waals surface area (Å²) in [6.45, 7) is 3.07. The molecule has 1 atom stereocenters. The van der Waals surface area contributed by atoms with E-state index in [0.29, 0.717) is 24.7 Å². The summed E-state index contributed by atoms with van der Waals surface area (Å²) in [4.78, 5) is 27.5. The number of carbonyl (C=O) groups excluding carboxylic acids is 1. The van der Waals surface area contributed by atoms with Crippen LogP contribution in [-0.4, -0.2) is 59.5 Å². The van der Waals surface area contributed by atoms with E-state index in [1.165, 1.54) is 17.2 Å². The van der Waals surface area contributed by atoms with Crippen molar-refractivity contribution >= 4 is 17.4 Å². The van der Waals surface area contributed by atoms with Gasteiger partial charge < -0.3 is 20.2 Å². The molecule has 3 N–H and O–H groups in total. The maximum atomic E-state index is 12.8. The van der Waals surface area contributed by atoms with Gasteiger partial charge >= 0.3 is 0 Å². The Kier molecular flexibility index (Phi) is 4.79. The number of anilines is 1. The number of amides is 1. The zero-order chi connectivity index (χ0) is 21.4. The smallest absolute Gasteiger partial charge is 0.273 e. The highest BCUT2D eigenvalue weighted by molar-refractivity contribution is 5.97. The molecule has 158 valence electrons. The van der Waals surface area contributed by atoms with Gasteiger partial charge in [0.05, 0.1) is 18.5 Å². The molecule has 5 rings (SSSR count). The number of nitrogens with zero attached hydrogens (tertiary/aromatic N) is 7. The number of nitrogen functional groups attached to an aromatic ring is 1. The number of aromatic nitrogens is 7. The summed E-state index contributed by atoms with van der Waals surface area (Å²) >= 11 is 0. The Bertz CT molecular complexity index is 1240. The number of pyridine rings is 1. The molecule has 1 aliphatic rings. The second-order valence-electron chi connectivity index (χ2n) is 7.34. The van der Waals surface area contributed by atoms with Crippen molar-refractivity contribution in [3.63, 3.8) is 0 Å². The molecular weight excluding hydrogens is 398 g/mol. The quantitative estimate of drug-likeness (QED) is 0.492. The molecular formula is C20H21N9O2. The monoisotopic (exact) mass is 419 g/mol. The van der Waals surface area contributed by atoms with Gasteiger partial charge in [0.25, 0.3) is 5.91 Å². The summed E-state index contributed by atoms with van der Waals surface area (Å²) in [6, 6.07) is 3.74. The normalized spacial score (nSPS) is 16.1. The van der Waals surface area contributed by atoms with E-state index in [2.05, 4.69) is 30.5 Å². The lowest BCUT2D eigenvalue weighted by Crippen LogP contribution is -2.33. The topological polar surface area (TPSA) is 138 Å². The average molecular weight is 419 g/mol. The number of hydrogen-bond acceptors (Lipinski definition) is 8. The molecule has 1 aliphatic heterocycles. The van der Waals surface area contributed by atoms with Crippen molar-refractivity contribution in [3.8, 4) is 17.1 Å². The second kappa shape index (κ2) is 7.76. The lowest BCUT2D eigenvalue weighted by Gasteiger charge is -2.14. The van der Waals surface area contributed by atoms with Gasteiger partial charge in [0.2, 0.25) is 5.82 Å². The number of hydrogen-bond donors (Lipinski definition) is 2. The number of fused-ring (bicyclic) bond motifs is 1. The van der Waals surface area contributed by atoms with Crippen molar-refractivity contribution in [2.24, 2.45) is 0 Å². The minimum atomic E-state index is -0.401. The van der Waals surface area contributed by atoms with Crippen LogP contribution in [0.4, 0.5) is 5.82 Å². The molecule has 0 aromatic carbocycles. The highest BCUT2D eigenvalue weighted by Gasteiger charge is 2.23. The Morgan fingerprint density at radius 2 is 2.13 bits per heavy atom. The first kappa shape index (κ1) is 19.1. The van der Waals surface area contributed by atoms with Crippen LogP contribution in [0, 0.1) is 6.92 Å². The molecule has 0 spiro atoms. The standard InChI is InChI=1S/C20H21N9O2/c1-12-9-22-15-5-4-13(11-28(12)15)16-19(29-24-6-7-25-29)27-18(21)17(26-16)20(30)23-10-14-3-2-8-31-14/h4-7,9,11,14H,2-3,8,10H2,1H3,(H2,21,27)(H,23,30)/t14-/m0/s1. The summed E-state index contributed by atoms with van der Waals surface area (Å²) in [5.74, 6) is -0.0716. The van der Waals surface area contributed by atoms with Gasteiger partial charge in [-0.15, -0.1) is 4.80 Å². The van der Waals surface area contributed by atoms with E-state index in [-0.39, 0.29) is 17.6 Å². The van der Waals surface area contributed by atoms with Crippen molar-refractivity contribution in [1.29, 1.82) is 0 Å². The molecule has 0 saturated carbocycles. The van der Waals surface area contributed by atoms with Gasteiger partial charge in [0.1, 0.15) is 11.3 Å². The van der Waals surface area contributed by atoms with E-state index < -0.39 is 5.91 Å². The van der Waals surface area contributed by atoms with Crippen LogP contribution < -0.4 is 11.1 Å². The fourth-order valence-electron chi connectivity index (χ4n) is 3.60. The first-order valence-corrected chi connectivity index (χ1v) is 9.98. The molecule has 0 unspecified atom stereocenters. The number of nitrogens with two attached hydrogens (primary N) is 1. The van der Waals surface area contributed by atoms with Gasteiger partial charge in [-0.1, -0.05) is 0 Å². The van der Waals surface area contributed by atoms with Crippen molar-refractivity contribution < 1.29 is 9.53 Å². The molecule has 1 saturated heterocycles. The molecule has 4 aromatic rings. The van der Waals surface area contributed by atoms with E-state index in [1.54, 1.807) is 6.20 Å². The molecule has 1 amide bonds. The van der Waals surface area contributed by atoms with E-state index in [0.717, 1.165) is 29.7 Å². The third-order valence-corrected chi connectivity index (χ3v) is 5.21. The highest BCUT2D eigenvalue weighted by Crippen LogP contribution is 2.26. The zero-order valence-corrected chi connectivity index (χ0v) is 16.9. The van der Waals surface area contributed by atoms with Gasteiger partial charge in [-0.25, -0.2) is 15.0 Å². The number of rotatable bonds is 5. The number of imidazole rings is 1. The molecule has 11 nitrogen and oxygen atoms in total. The maximum absolute atomic E-state index is 12.8. The summed E-state index contributed by atoms with van der Waals surface area (Å²) < 4.78 is 7.50. The molecule has 11 heteroatoms. The predicted octanol–water partition coefficient (Wildman–Crippen LogP) is 1.17. The van der Waals surface area contributed by atoms with Crippen LogP contribution >= 0.6 is 0 Å². The van der Waals surface area contributed by atoms with E-state index >= 15 is 0 Å². The fourth-order valence-corrected chi connectivity index (χ4v) is 3.60. The Morgan fingerprint density at radius 1 is 1.29 bits per heavy atom. The number of nitrogens with one attached hydrogen (secondary N) is 1. The van der Waals surface area contributed by atoms with Crippen LogP contribution in [0.3, 0.4) is 0 Å². The minimum Gasteiger partial charge on any atom is -0.382 e. The van der Waals surface area contributed by atoms with Gasteiger partial charge in [-0.05, 0) is 31.9 Å². The fraction of sp³-hybridized carbons (Fsp3) is 0.300. The van der Waals surface area contributed by atoms with Crippen LogP contribution in [0.15, 0.2) is 36.9 Å². The molecule has 4 aromatic heterocycles. The van der Waals surface area contributed by atoms with Crippen molar-refractivity contribution in [2.45, 2.75) is 25.9 Å². The Balaban J connectivity index is 1.57. The highest BCUT2D eigenvalue weighted by atomic mass is 16.5. The molecule has 5 heterocycles. The van der Waals surface area contributed by atoms with Crippen molar-refractivity contribution in [2.75, 3.05) is 18.9 Å². The summed E-state index contributed by atoms with van der Waals surface area (Å²) in [6.07, 6.45) is 8.67. The largest absolute Gasteiger partial charge is 0.382 e. The number of carbonyl (C=O) groups is 1. The Labute approximate surface area is 177 Å². The van der Waals surface area contributed by atoms with Crippen LogP contribution in [0.2, 0.25) is 0 Å². The molecule has 1 fully saturated rings. The SMILES string of the molecule is Cc1cnc2ccc(-c3nc(C(=O)NC[C@@H]4CCCO4)c(N)nc3-n3nccn3)cn12. The Hall–Kier alpha value is -3.86. The average Bonchev–Trinajstić information content (AvgIpc) is 3.55. The van der Waals surface area contributed by atoms with Gasteiger partial charge in [0.15, 0.2) is 11.5 Å². The predicted molar refractivity (Wildman–Crippen MR) is 112 cm³/mol. The minimum absolute atomic E-state index is 0.000722. The van der Waals surface area contributed by atoms with Crippen LogP contribution in [0.1, 0.15) is 29.0 Å². The molecule has 0 aliphatic carbocycles. The molecule has 0 bridgehead atoms. The maximum Gasteiger partial charge on any atom is 0.273 e. The van der Waals surface area contributed by atoms with Crippen molar-refractivity contribution in [3.05, 3.63) is 48.3 Å². The van der Waals surface area contributed by atoms with Crippen LogP contribution in [0.5, 0.6) is 0 Å². The van der Waals surface area contributed by atoms with Gasteiger partial charge in [0, 0.05) is 36.8 Å². The third-order valence-electron chi connectivity index (χ3n) is 5.21. The number of aryl methyl sites for hydroxylation is 1. The first-order valence-electron chi connectivity index (χ1n) is 9.98. The first-order chi connectivity index (χ1) is 15.1. The van der Waals surface area contributed by atoms with Crippen molar-refractivity contribution in [1.82, 2.24) is 39.7 Å². The van der Waals surface area contributed by atoms with Crippen LogP contribution in [-0.2, 0) is 4.74 Å². The van der Waals surface area contributed by atoms with Gasteiger partial charge in [-0.2, -0.15) is 10.2 Å². The Morgan fingerprint density at radius 3 is 2.90 bits per heavy atom. The van der Waals surface area contributed by atoms with Gasteiger partial charge in [-0.3, -0.25) is 4.79 Å². The second-order valence-corrected chi connectivity index (χ2v) is 7.34. The van der Waals surface area contributed by atoms with E-state index in [9.17, 15) is 4.79 Å². The number of ether oxygens (including phenoxy) is 1. The summed E-state index contributed by atoms with van der Waals surface area (Å²) in [7, 11) is 0. The van der Waals surface area contributed by atoms with E-state index in [1.807, 2.05) is 29.7 Å². The molecule has 31 heavy (non-hydrogen) atoms. The third kappa shape index (κ3) is 3.59. The molecule has 0 radical (unpaired) electrons. The van der Waals surface area contributed by atoms with E-state index in [4.69, 9.17) is 10.5 Å². The summed E-state index contributed by atoms with van der Waals surface area (Å²) in [5, 5.41) is 11.2. The lowest BCUT2D eigenvalue weighted by molar-refractivity contribution is 0.0854. The lowest BCUT2D eigenvalue weighted by atomic mass is 10.2. The zero-order valence-electron chi connectivity index (χ0n) is 16.9. The summed E-state index contributed by atoms with van der Waals surface area (Å²) in [5.41, 5.74) is 9.08. The van der Waals surface area contributed by atoms with Crippen LogP contribution in [0.25, 0.3) is 22.7 Å².